The number of aromatic nitrogens is 1. The van der Waals surface area contributed by atoms with Gasteiger partial charge in [-0.1, -0.05) is 45.0 Å². The minimum absolute atomic E-state index is 0.127. The summed E-state index contributed by atoms with van der Waals surface area (Å²) >= 11 is 0. The van der Waals surface area contributed by atoms with Gasteiger partial charge in [-0.2, -0.15) is 0 Å². The van der Waals surface area contributed by atoms with Crippen molar-refractivity contribution < 1.29 is 4.74 Å². The van der Waals surface area contributed by atoms with Crippen molar-refractivity contribution in [2.75, 3.05) is 13.7 Å². The Balaban J connectivity index is 2.51. The SMILES string of the molecule is CCNC(c1cncc2ccccc12)C(OC)C(C)C. The Morgan fingerprint density at radius 3 is 2.60 bits per heavy atom. The highest BCUT2D eigenvalue weighted by atomic mass is 16.5. The van der Waals surface area contributed by atoms with Crippen LogP contribution in [0.3, 0.4) is 0 Å². The van der Waals surface area contributed by atoms with Crippen molar-refractivity contribution in [2.24, 2.45) is 5.92 Å². The third-order valence-electron chi connectivity index (χ3n) is 3.72. The van der Waals surface area contributed by atoms with E-state index in [-0.39, 0.29) is 12.1 Å². The van der Waals surface area contributed by atoms with Crippen molar-refractivity contribution in [3.63, 3.8) is 0 Å². The molecule has 1 N–H and O–H groups in total. The molecule has 1 aromatic heterocycles. The van der Waals surface area contributed by atoms with Crippen LogP contribution in [0.2, 0.25) is 0 Å². The molecule has 3 nitrogen and oxygen atoms in total. The molecule has 0 fully saturated rings. The molecule has 0 spiro atoms. The van der Waals surface area contributed by atoms with Crippen LogP contribution in [0.5, 0.6) is 0 Å². The summed E-state index contributed by atoms with van der Waals surface area (Å²) in [6.07, 6.45) is 4.01. The predicted molar refractivity (Wildman–Crippen MR) is 83.8 cm³/mol. The first-order chi connectivity index (χ1) is 9.69. The maximum Gasteiger partial charge on any atom is 0.0789 e. The largest absolute Gasteiger partial charge is 0.379 e. The number of hydrogen-bond donors (Lipinski definition) is 1. The molecule has 2 unspecified atom stereocenters. The molecule has 2 rings (SSSR count). The zero-order valence-corrected chi connectivity index (χ0v) is 12.8. The number of rotatable bonds is 6. The summed E-state index contributed by atoms with van der Waals surface area (Å²) in [5.41, 5.74) is 1.21. The van der Waals surface area contributed by atoms with Crippen LogP contribution in [-0.2, 0) is 4.74 Å². The summed E-state index contributed by atoms with van der Waals surface area (Å²) in [6, 6.07) is 8.54. The number of hydrogen-bond acceptors (Lipinski definition) is 3. The van der Waals surface area contributed by atoms with Gasteiger partial charge in [0.05, 0.1) is 12.1 Å². The maximum atomic E-state index is 5.74. The summed E-state index contributed by atoms with van der Waals surface area (Å²) in [5.74, 6) is 0.433. The van der Waals surface area contributed by atoms with E-state index < -0.39 is 0 Å². The second kappa shape index (κ2) is 6.82. The lowest BCUT2D eigenvalue weighted by Crippen LogP contribution is -2.36. The number of pyridine rings is 1. The molecule has 0 amide bonds. The molecule has 108 valence electrons. The van der Waals surface area contributed by atoms with Crippen LogP contribution in [0.15, 0.2) is 36.7 Å². The second-order valence-electron chi connectivity index (χ2n) is 5.43. The lowest BCUT2D eigenvalue weighted by Gasteiger charge is -2.30. The molecule has 0 aliphatic rings. The number of benzene rings is 1. The van der Waals surface area contributed by atoms with Gasteiger partial charge < -0.3 is 10.1 Å². The Kier molecular flexibility index (Phi) is 5.10. The average molecular weight is 272 g/mol. The quantitative estimate of drug-likeness (QED) is 0.873. The van der Waals surface area contributed by atoms with Crippen LogP contribution in [0.25, 0.3) is 10.8 Å². The number of nitrogens with zero attached hydrogens (tertiary/aromatic N) is 1. The van der Waals surface area contributed by atoms with Crippen LogP contribution >= 0.6 is 0 Å². The number of methoxy groups -OCH3 is 1. The number of fused-ring (bicyclic) bond motifs is 1. The van der Waals surface area contributed by atoms with Gasteiger partial charge in [-0.25, -0.2) is 0 Å². The van der Waals surface area contributed by atoms with Crippen LogP contribution in [0.4, 0.5) is 0 Å². The van der Waals surface area contributed by atoms with E-state index in [9.17, 15) is 0 Å². The Labute approximate surface area is 121 Å². The fourth-order valence-electron chi connectivity index (χ4n) is 2.80. The molecule has 0 radical (unpaired) electrons. The molecule has 1 aromatic carbocycles. The minimum atomic E-state index is 0.127. The summed E-state index contributed by atoms with van der Waals surface area (Å²) in [6.45, 7) is 7.41. The summed E-state index contributed by atoms with van der Waals surface area (Å²) < 4.78 is 5.74. The van der Waals surface area contributed by atoms with Gasteiger partial charge in [0.1, 0.15) is 0 Å². The summed E-state index contributed by atoms with van der Waals surface area (Å²) in [4.78, 5) is 4.40. The zero-order valence-electron chi connectivity index (χ0n) is 12.8. The Hall–Kier alpha value is -1.45. The van der Waals surface area contributed by atoms with Crippen molar-refractivity contribution >= 4 is 10.8 Å². The van der Waals surface area contributed by atoms with E-state index in [0.717, 1.165) is 6.54 Å². The smallest absolute Gasteiger partial charge is 0.0789 e. The van der Waals surface area contributed by atoms with Crippen molar-refractivity contribution in [1.82, 2.24) is 10.3 Å². The third-order valence-corrected chi connectivity index (χ3v) is 3.72. The van der Waals surface area contributed by atoms with E-state index in [4.69, 9.17) is 4.74 Å². The van der Waals surface area contributed by atoms with E-state index >= 15 is 0 Å². The highest BCUT2D eigenvalue weighted by molar-refractivity contribution is 5.85. The Morgan fingerprint density at radius 2 is 1.95 bits per heavy atom. The molecule has 2 atom stereocenters. The first kappa shape index (κ1) is 14.9. The van der Waals surface area contributed by atoms with Gasteiger partial charge in [0, 0.05) is 24.9 Å². The van der Waals surface area contributed by atoms with Crippen LogP contribution in [0.1, 0.15) is 32.4 Å². The summed E-state index contributed by atoms with van der Waals surface area (Å²) in [5, 5.41) is 5.98. The number of likely N-dealkylation sites (N-methyl/N-ethyl adjacent to an activating group) is 1. The number of ether oxygens (including phenoxy) is 1. The minimum Gasteiger partial charge on any atom is -0.379 e. The van der Waals surface area contributed by atoms with Gasteiger partial charge in [0.2, 0.25) is 0 Å². The first-order valence-electron chi connectivity index (χ1n) is 7.27. The van der Waals surface area contributed by atoms with Crippen LogP contribution < -0.4 is 5.32 Å². The predicted octanol–water partition coefficient (Wildman–Crippen LogP) is 3.56. The van der Waals surface area contributed by atoms with Gasteiger partial charge >= 0.3 is 0 Å². The molecule has 0 aliphatic heterocycles. The molecule has 0 aliphatic carbocycles. The summed E-state index contributed by atoms with van der Waals surface area (Å²) in [7, 11) is 1.79. The van der Waals surface area contributed by atoms with Crippen LogP contribution in [0, 0.1) is 5.92 Å². The zero-order chi connectivity index (χ0) is 14.5. The van der Waals surface area contributed by atoms with Gasteiger partial charge in [-0.05, 0) is 23.4 Å². The molecule has 20 heavy (non-hydrogen) atoms. The highest BCUT2D eigenvalue weighted by Crippen LogP contribution is 2.29. The monoisotopic (exact) mass is 272 g/mol. The molecule has 0 bridgehead atoms. The maximum absolute atomic E-state index is 5.74. The van der Waals surface area contributed by atoms with E-state index in [2.05, 4.69) is 49.3 Å². The lowest BCUT2D eigenvalue weighted by molar-refractivity contribution is 0.0334. The fraction of sp³-hybridized carbons (Fsp3) is 0.471. The van der Waals surface area contributed by atoms with Crippen molar-refractivity contribution in [3.05, 3.63) is 42.2 Å². The van der Waals surface area contributed by atoms with Crippen molar-refractivity contribution in [1.29, 1.82) is 0 Å². The van der Waals surface area contributed by atoms with E-state index in [1.807, 2.05) is 18.5 Å². The standard InChI is InChI=1S/C17H24N2O/c1-5-19-16(17(20-4)12(2)3)15-11-18-10-13-8-6-7-9-14(13)15/h6-12,16-17,19H,5H2,1-4H3. The first-order valence-corrected chi connectivity index (χ1v) is 7.27. The lowest BCUT2D eigenvalue weighted by atomic mass is 9.91. The normalized spacial score (nSPS) is 14.7. The third kappa shape index (κ3) is 3.00. The van der Waals surface area contributed by atoms with Gasteiger partial charge in [-0.3, -0.25) is 4.98 Å². The van der Waals surface area contributed by atoms with E-state index in [0.29, 0.717) is 5.92 Å². The molecule has 0 saturated heterocycles. The average Bonchev–Trinajstić information content (AvgIpc) is 2.46. The van der Waals surface area contributed by atoms with E-state index in [1.54, 1.807) is 7.11 Å². The molecular formula is C17H24N2O. The van der Waals surface area contributed by atoms with E-state index in [1.165, 1.54) is 16.3 Å². The van der Waals surface area contributed by atoms with Crippen molar-refractivity contribution in [2.45, 2.75) is 32.9 Å². The second-order valence-corrected chi connectivity index (χ2v) is 5.43. The fourth-order valence-corrected chi connectivity index (χ4v) is 2.80. The number of nitrogens with one attached hydrogen (secondary N) is 1. The molecular weight excluding hydrogens is 248 g/mol. The molecule has 1 heterocycles. The molecule has 0 saturated carbocycles. The Bertz CT molecular complexity index is 548. The molecule has 3 heteroatoms. The van der Waals surface area contributed by atoms with Gasteiger partial charge in [-0.15, -0.1) is 0 Å². The highest BCUT2D eigenvalue weighted by Gasteiger charge is 2.26. The van der Waals surface area contributed by atoms with Gasteiger partial charge in [0.15, 0.2) is 0 Å². The molecule has 2 aromatic rings. The van der Waals surface area contributed by atoms with Gasteiger partial charge in [0.25, 0.3) is 0 Å². The van der Waals surface area contributed by atoms with Crippen LogP contribution in [-0.4, -0.2) is 24.7 Å². The Morgan fingerprint density at radius 1 is 1.20 bits per heavy atom. The van der Waals surface area contributed by atoms with Crippen molar-refractivity contribution in [3.8, 4) is 0 Å². The topological polar surface area (TPSA) is 34.2 Å².